The Kier molecular flexibility index (Phi) is 5.09. The number of alkyl halides is 3. The predicted octanol–water partition coefficient (Wildman–Crippen LogP) is 2.52. The van der Waals surface area contributed by atoms with Crippen LogP contribution in [-0.4, -0.2) is 43.1 Å². The number of hydrogen-bond acceptors (Lipinski definition) is 6. The average Bonchev–Trinajstić information content (AvgIpc) is 2.71. The Bertz CT molecular complexity index is 514. The molecular weight excluding hydrogens is 297 g/mol. The van der Waals surface area contributed by atoms with Gasteiger partial charge in [-0.05, 0) is 6.92 Å². The second kappa shape index (κ2) is 6.21. The van der Waals surface area contributed by atoms with E-state index in [9.17, 15) is 22.8 Å². The number of carbonyl (C=O) groups excluding carboxylic acids is 2. The van der Waals surface area contributed by atoms with Crippen LogP contribution in [0.25, 0.3) is 0 Å². The van der Waals surface area contributed by atoms with Crippen LogP contribution >= 0.6 is 11.3 Å². The summed E-state index contributed by atoms with van der Waals surface area (Å²) in [5.74, 6) is -1.27. The number of carbonyl (C=O) groups is 2. The molecular formula is C11H13F3N2O3S. The van der Waals surface area contributed by atoms with E-state index in [2.05, 4.69) is 4.98 Å². The molecule has 0 saturated carbocycles. The van der Waals surface area contributed by atoms with Crippen LogP contribution in [0.4, 0.5) is 18.3 Å². The highest BCUT2D eigenvalue weighted by Crippen LogP contribution is 2.29. The minimum Gasteiger partial charge on any atom is -0.461 e. The van der Waals surface area contributed by atoms with Crippen molar-refractivity contribution < 1.29 is 27.5 Å². The smallest absolute Gasteiger partial charge is 0.405 e. The Morgan fingerprint density at radius 2 is 2.00 bits per heavy atom. The Labute approximate surface area is 117 Å². The quantitative estimate of drug-likeness (QED) is 0.618. The number of anilines is 1. The largest absolute Gasteiger partial charge is 0.461 e. The van der Waals surface area contributed by atoms with E-state index < -0.39 is 24.5 Å². The Morgan fingerprint density at radius 1 is 1.40 bits per heavy atom. The lowest BCUT2D eigenvalue weighted by Crippen LogP contribution is -2.30. The Balaban J connectivity index is 3.09. The number of hydrogen-bond donors (Lipinski definition) is 0. The first-order chi connectivity index (χ1) is 9.15. The van der Waals surface area contributed by atoms with Gasteiger partial charge in [0, 0.05) is 14.0 Å². The van der Waals surface area contributed by atoms with Crippen molar-refractivity contribution in [1.82, 2.24) is 4.98 Å². The number of Topliss-reactive ketones (excluding diaryl/α,β-unsaturated/α-hetero) is 1. The lowest BCUT2D eigenvalue weighted by molar-refractivity contribution is -0.119. The third-order valence-corrected chi connectivity index (χ3v) is 3.42. The van der Waals surface area contributed by atoms with Crippen LogP contribution in [0.3, 0.4) is 0 Å². The maximum absolute atomic E-state index is 12.3. The van der Waals surface area contributed by atoms with Crippen molar-refractivity contribution in [1.29, 1.82) is 0 Å². The standard InChI is InChI=1S/C11H13F3N2O3S/c1-4-19-9(18)7-8(6(2)17)20-10(15-7)16(3)5-11(12,13)14/h4-5H2,1-3H3. The summed E-state index contributed by atoms with van der Waals surface area (Å²) in [4.78, 5) is 27.6. The molecule has 0 fully saturated rings. The van der Waals surface area contributed by atoms with E-state index in [4.69, 9.17) is 4.74 Å². The van der Waals surface area contributed by atoms with E-state index in [1.807, 2.05) is 0 Å². The SMILES string of the molecule is CCOC(=O)c1nc(N(C)CC(F)(F)F)sc1C(C)=O. The lowest BCUT2D eigenvalue weighted by Gasteiger charge is -2.17. The zero-order valence-electron chi connectivity index (χ0n) is 11.1. The summed E-state index contributed by atoms with van der Waals surface area (Å²) in [5.41, 5.74) is -0.242. The number of esters is 1. The first-order valence-electron chi connectivity index (χ1n) is 5.62. The lowest BCUT2D eigenvalue weighted by atomic mass is 10.3. The first-order valence-corrected chi connectivity index (χ1v) is 6.44. The summed E-state index contributed by atoms with van der Waals surface area (Å²) in [6.07, 6.45) is -4.40. The number of ketones is 1. The molecule has 0 aliphatic carbocycles. The molecule has 0 aromatic carbocycles. The fourth-order valence-corrected chi connectivity index (χ4v) is 2.29. The van der Waals surface area contributed by atoms with Gasteiger partial charge < -0.3 is 9.64 Å². The van der Waals surface area contributed by atoms with Gasteiger partial charge in [0.2, 0.25) is 0 Å². The highest BCUT2D eigenvalue weighted by molar-refractivity contribution is 7.17. The molecule has 0 saturated heterocycles. The van der Waals surface area contributed by atoms with Gasteiger partial charge in [0.25, 0.3) is 0 Å². The molecule has 112 valence electrons. The fourth-order valence-electron chi connectivity index (χ4n) is 1.39. The monoisotopic (exact) mass is 310 g/mol. The van der Waals surface area contributed by atoms with Crippen molar-refractivity contribution in [2.24, 2.45) is 0 Å². The van der Waals surface area contributed by atoms with Crippen molar-refractivity contribution in [2.75, 3.05) is 25.1 Å². The molecule has 0 atom stereocenters. The average molecular weight is 310 g/mol. The molecule has 1 rings (SSSR count). The van der Waals surface area contributed by atoms with Crippen molar-refractivity contribution in [2.45, 2.75) is 20.0 Å². The van der Waals surface area contributed by atoms with Crippen molar-refractivity contribution in [3.63, 3.8) is 0 Å². The van der Waals surface area contributed by atoms with Gasteiger partial charge in [-0.25, -0.2) is 9.78 Å². The summed E-state index contributed by atoms with van der Waals surface area (Å²) in [7, 11) is 1.19. The van der Waals surface area contributed by atoms with E-state index in [0.29, 0.717) is 0 Å². The number of aromatic nitrogens is 1. The molecule has 20 heavy (non-hydrogen) atoms. The third kappa shape index (κ3) is 4.19. The highest BCUT2D eigenvalue weighted by atomic mass is 32.1. The summed E-state index contributed by atoms with van der Waals surface area (Å²) >= 11 is 0.735. The highest BCUT2D eigenvalue weighted by Gasteiger charge is 2.32. The van der Waals surface area contributed by atoms with Gasteiger partial charge in [-0.3, -0.25) is 4.79 Å². The maximum Gasteiger partial charge on any atom is 0.405 e. The number of ether oxygens (including phenoxy) is 1. The Hall–Kier alpha value is -1.64. The molecule has 0 bridgehead atoms. The topological polar surface area (TPSA) is 59.5 Å². The molecule has 0 amide bonds. The number of halogens is 3. The van der Waals surface area contributed by atoms with E-state index in [1.165, 1.54) is 14.0 Å². The predicted molar refractivity (Wildman–Crippen MR) is 67.4 cm³/mol. The van der Waals surface area contributed by atoms with Crippen molar-refractivity contribution >= 4 is 28.2 Å². The summed E-state index contributed by atoms with van der Waals surface area (Å²) in [5, 5.41) is -0.0596. The zero-order valence-corrected chi connectivity index (χ0v) is 11.9. The summed E-state index contributed by atoms with van der Waals surface area (Å²) in [6.45, 7) is 1.65. The van der Waals surface area contributed by atoms with Gasteiger partial charge in [0.15, 0.2) is 16.6 Å². The first kappa shape index (κ1) is 16.4. The zero-order chi connectivity index (χ0) is 15.5. The van der Waals surface area contributed by atoms with Crippen LogP contribution in [0.5, 0.6) is 0 Å². The number of nitrogens with zero attached hydrogens (tertiary/aromatic N) is 2. The van der Waals surface area contributed by atoms with Gasteiger partial charge in [0.05, 0.1) is 6.61 Å². The molecule has 1 heterocycles. The van der Waals surface area contributed by atoms with Gasteiger partial charge in [-0.2, -0.15) is 13.2 Å². The van der Waals surface area contributed by atoms with E-state index in [0.717, 1.165) is 16.2 Å². The molecule has 1 aromatic rings. The maximum atomic E-state index is 12.3. The minimum absolute atomic E-state index is 0.00697. The van der Waals surface area contributed by atoms with E-state index >= 15 is 0 Å². The van der Waals surface area contributed by atoms with Gasteiger partial charge >= 0.3 is 12.1 Å². The van der Waals surface area contributed by atoms with Gasteiger partial charge in [-0.15, -0.1) is 0 Å². The molecule has 0 aliphatic heterocycles. The van der Waals surface area contributed by atoms with Crippen LogP contribution in [0.15, 0.2) is 0 Å². The van der Waals surface area contributed by atoms with Crippen LogP contribution in [-0.2, 0) is 4.74 Å². The number of thiazole rings is 1. The van der Waals surface area contributed by atoms with Crippen LogP contribution in [0, 0.1) is 0 Å². The molecule has 0 aliphatic rings. The number of rotatable bonds is 5. The van der Waals surface area contributed by atoms with Crippen LogP contribution < -0.4 is 4.90 Å². The molecule has 0 N–H and O–H groups in total. The minimum atomic E-state index is -4.40. The van der Waals surface area contributed by atoms with Crippen molar-refractivity contribution in [3.05, 3.63) is 10.6 Å². The summed E-state index contributed by atoms with van der Waals surface area (Å²) in [6, 6.07) is 0. The van der Waals surface area contributed by atoms with E-state index in [-0.39, 0.29) is 22.3 Å². The third-order valence-electron chi connectivity index (χ3n) is 2.15. The van der Waals surface area contributed by atoms with E-state index in [1.54, 1.807) is 6.92 Å². The van der Waals surface area contributed by atoms with Crippen LogP contribution in [0.1, 0.15) is 34.0 Å². The fraction of sp³-hybridized carbons (Fsp3) is 0.545. The molecule has 9 heteroatoms. The molecule has 0 spiro atoms. The molecule has 5 nitrogen and oxygen atoms in total. The van der Waals surface area contributed by atoms with Crippen molar-refractivity contribution in [3.8, 4) is 0 Å². The molecule has 0 unspecified atom stereocenters. The molecule has 0 radical (unpaired) electrons. The second-order valence-corrected chi connectivity index (χ2v) is 4.90. The normalized spacial score (nSPS) is 11.3. The van der Waals surface area contributed by atoms with Crippen LogP contribution in [0.2, 0.25) is 0 Å². The Morgan fingerprint density at radius 3 is 2.45 bits per heavy atom. The second-order valence-electron chi connectivity index (χ2n) is 3.92. The van der Waals surface area contributed by atoms with Gasteiger partial charge in [0.1, 0.15) is 11.4 Å². The summed E-state index contributed by atoms with van der Waals surface area (Å²) < 4.78 is 41.7. The molecule has 1 aromatic heterocycles. The van der Waals surface area contributed by atoms with Gasteiger partial charge in [-0.1, -0.05) is 11.3 Å².